The number of rotatable bonds is 0. The molecule has 0 spiro atoms. The highest BCUT2D eigenvalue weighted by molar-refractivity contribution is 5.95. The summed E-state index contributed by atoms with van der Waals surface area (Å²) in [7, 11) is 0. The third kappa shape index (κ3) is 1.40. The quantitative estimate of drug-likeness (QED) is 0.704. The first-order valence-corrected chi connectivity index (χ1v) is 4.70. The van der Waals surface area contributed by atoms with Crippen molar-refractivity contribution in [1.82, 2.24) is 4.98 Å². The molecule has 1 aromatic carbocycles. The van der Waals surface area contributed by atoms with Gasteiger partial charge in [-0.1, -0.05) is 12.1 Å². The van der Waals surface area contributed by atoms with Crippen LogP contribution in [0, 0.1) is 25.2 Å². The Morgan fingerprint density at radius 2 is 1.93 bits per heavy atom. The van der Waals surface area contributed by atoms with Gasteiger partial charge in [0.1, 0.15) is 11.8 Å². The van der Waals surface area contributed by atoms with E-state index < -0.39 is 0 Å². The van der Waals surface area contributed by atoms with Crippen molar-refractivity contribution in [3.63, 3.8) is 0 Å². The van der Waals surface area contributed by atoms with E-state index in [0.29, 0.717) is 11.4 Å². The number of nitrogens with two attached hydrogens (primary N) is 1. The normalized spacial score (nSPS) is 10.2. The highest BCUT2D eigenvalue weighted by atomic mass is 14.7. The molecule has 0 aliphatic heterocycles. The number of hydrogen-bond acceptors (Lipinski definition) is 3. The summed E-state index contributed by atoms with van der Waals surface area (Å²) in [6.45, 7) is 3.96. The average Bonchev–Trinajstić information content (AvgIpc) is 2.23. The summed E-state index contributed by atoms with van der Waals surface area (Å²) >= 11 is 0. The minimum absolute atomic E-state index is 0.369. The highest BCUT2D eigenvalue weighted by Gasteiger charge is 2.07. The Kier molecular flexibility index (Phi) is 2.05. The van der Waals surface area contributed by atoms with Gasteiger partial charge < -0.3 is 5.73 Å². The van der Waals surface area contributed by atoms with E-state index in [4.69, 9.17) is 11.0 Å². The number of benzene rings is 1. The van der Waals surface area contributed by atoms with Gasteiger partial charge in [0.2, 0.25) is 0 Å². The Labute approximate surface area is 88.2 Å². The van der Waals surface area contributed by atoms with E-state index in [-0.39, 0.29) is 0 Å². The summed E-state index contributed by atoms with van der Waals surface area (Å²) in [5, 5.41) is 9.77. The first-order chi connectivity index (χ1) is 7.13. The molecule has 0 saturated carbocycles. The van der Waals surface area contributed by atoms with Crippen molar-refractivity contribution in [3.05, 3.63) is 35.0 Å². The fraction of sp³-hybridized carbons (Fsp3) is 0.167. The van der Waals surface area contributed by atoms with Crippen molar-refractivity contribution in [2.45, 2.75) is 13.8 Å². The van der Waals surface area contributed by atoms with Gasteiger partial charge in [-0.2, -0.15) is 5.26 Å². The van der Waals surface area contributed by atoms with Crippen molar-refractivity contribution >= 4 is 16.6 Å². The molecule has 2 N–H and O–H groups in total. The smallest absolute Gasteiger partial charge is 0.143 e. The molecule has 0 aliphatic carbocycles. The number of nitrogens with zero attached hydrogens (tertiary/aromatic N) is 2. The third-order valence-corrected chi connectivity index (χ3v) is 2.52. The van der Waals surface area contributed by atoms with Crippen LogP contribution in [0.1, 0.15) is 16.8 Å². The molecule has 0 amide bonds. The lowest BCUT2D eigenvalue weighted by atomic mass is 10.0. The Morgan fingerprint density at radius 3 is 2.60 bits per heavy atom. The molecular weight excluding hydrogens is 186 g/mol. The summed E-state index contributed by atoms with van der Waals surface area (Å²) in [6.07, 6.45) is 0. The molecule has 15 heavy (non-hydrogen) atoms. The molecule has 0 atom stereocenters. The largest absolute Gasteiger partial charge is 0.398 e. The van der Waals surface area contributed by atoms with Gasteiger partial charge in [-0.05, 0) is 31.0 Å². The van der Waals surface area contributed by atoms with Crippen molar-refractivity contribution in [2.24, 2.45) is 0 Å². The van der Waals surface area contributed by atoms with Crippen LogP contribution in [0.5, 0.6) is 0 Å². The first-order valence-electron chi connectivity index (χ1n) is 4.70. The highest BCUT2D eigenvalue weighted by Crippen LogP contribution is 2.26. The molecule has 0 bridgehead atoms. The Bertz CT molecular complexity index is 579. The van der Waals surface area contributed by atoms with Crippen LogP contribution in [0.25, 0.3) is 10.9 Å². The number of aromatic nitrogens is 1. The number of fused-ring (bicyclic) bond motifs is 1. The number of nitriles is 1. The number of aryl methyl sites for hydroxylation is 2. The molecule has 0 aliphatic rings. The number of hydrogen-bond donors (Lipinski definition) is 1. The van der Waals surface area contributed by atoms with Gasteiger partial charge >= 0.3 is 0 Å². The van der Waals surface area contributed by atoms with Crippen molar-refractivity contribution in [2.75, 3.05) is 5.73 Å². The SMILES string of the molecule is Cc1ccc(C)c2c(N)cc(C#N)nc12. The second-order valence-corrected chi connectivity index (χ2v) is 3.63. The van der Waals surface area contributed by atoms with E-state index in [9.17, 15) is 0 Å². The third-order valence-electron chi connectivity index (χ3n) is 2.52. The van der Waals surface area contributed by atoms with Crippen molar-refractivity contribution < 1.29 is 0 Å². The summed E-state index contributed by atoms with van der Waals surface area (Å²) < 4.78 is 0. The predicted molar refractivity (Wildman–Crippen MR) is 60.3 cm³/mol. The van der Waals surface area contributed by atoms with E-state index >= 15 is 0 Å². The van der Waals surface area contributed by atoms with E-state index in [0.717, 1.165) is 22.0 Å². The lowest BCUT2D eigenvalue weighted by Gasteiger charge is -2.07. The molecule has 3 nitrogen and oxygen atoms in total. The molecule has 0 saturated heterocycles. The van der Waals surface area contributed by atoms with Crippen LogP contribution < -0.4 is 5.73 Å². The fourth-order valence-corrected chi connectivity index (χ4v) is 1.73. The lowest BCUT2D eigenvalue weighted by molar-refractivity contribution is 1.29. The lowest BCUT2D eigenvalue weighted by Crippen LogP contribution is -1.96. The average molecular weight is 197 g/mol. The van der Waals surface area contributed by atoms with Gasteiger partial charge in [-0.3, -0.25) is 0 Å². The van der Waals surface area contributed by atoms with Crippen molar-refractivity contribution in [1.29, 1.82) is 5.26 Å². The zero-order valence-electron chi connectivity index (χ0n) is 8.70. The molecular formula is C12H11N3. The number of anilines is 1. The molecule has 74 valence electrons. The van der Waals surface area contributed by atoms with Gasteiger partial charge in [-0.25, -0.2) is 4.98 Å². The monoisotopic (exact) mass is 197 g/mol. The predicted octanol–water partition coefficient (Wildman–Crippen LogP) is 2.31. The second kappa shape index (κ2) is 3.25. The molecule has 0 fully saturated rings. The molecule has 1 heterocycles. The van der Waals surface area contributed by atoms with E-state index in [1.807, 2.05) is 32.0 Å². The van der Waals surface area contributed by atoms with Crippen LogP contribution >= 0.6 is 0 Å². The van der Waals surface area contributed by atoms with E-state index in [1.165, 1.54) is 0 Å². The van der Waals surface area contributed by atoms with E-state index in [2.05, 4.69) is 4.98 Å². The van der Waals surface area contributed by atoms with Gasteiger partial charge in [0.15, 0.2) is 0 Å². The van der Waals surface area contributed by atoms with Gasteiger partial charge in [0, 0.05) is 11.1 Å². The molecule has 0 radical (unpaired) electrons. The van der Waals surface area contributed by atoms with Crippen LogP contribution in [0.2, 0.25) is 0 Å². The van der Waals surface area contributed by atoms with Crippen LogP contribution in [-0.4, -0.2) is 4.98 Å². The first kappa shape index (κ1) is 9.47. The maximum absolute atomic E-state index is 8.81. The van der Waals surface area contributed by atoms with Crippen LogP contribution in [0.3, 0.4) is 0 Å². The van der Waals surface area contributed by atoms with Gasteiger partial charge in [-0.15, -0.1) is 0 Å². The molecule has 2 rings (SSSR count). The Balaban J connectivity index is 2.98. The molecule has 2 aromatic rings. The summed E-state index contributed by atoms with van der Waals surface area (Å²) in [5.41, 5.74) is 9.86. The number of pyridine rings is 1. The fourth-order valence-electron chi connectivity index (χ4n) is 1.73. The zero-order chi connectivity index (χ0) is 11.0. The standard InChI is InChI=1S/C12H11N3/c1-7-3-4-8(2)12-11(7)10(14)5-9(6-13)15-12/h3-5H,1-2H3,(H2,14,15). The minimum atomic E-state index is 0.369. The van der Waals surface area contributed by atoms with Gasteiger partial charge in [0.25, 0.3) is 0 Å². The molecule has 0 unspecified atom stereocenters. The Morgan fingerprint density at radius 1 is 1.27 bits per heavy atom. The van der Waals surface area contributed by atoms with Crippen LogP contribution in [0.4, 0.5) is 5.69 Å². The maximum Gasteiger partial charge on any atom is 0.143 e. The Hall–Kier alpha value is -2.08. The van der Waals surface area contributed by atoms with E-state index in [1.54, 1.807) is 6.07 Å². The molecule has 3 heteroatoms. The summed E-state index contributed by atoms with van der Waals surface area (Å²) in [4.78, 5) is 4.27. The maximum atomic E-state index is 8.81. The zero-order valence-corrected chi connectivity index (χ0v) is 8.70. The van der Waals surface area contributed by atoms with Crippen LogP contribution in [-0.2, 0) is 0 Å². The number of nitrogen functional groups attached to an aromatic ring is 1. The van der Waals surface area contributed by atoms with Crippen molar-refractivity contribution in [3.8, 4) is 6.07 Å². The minimum Gasteiger partial charge on any atom is -0.398 e. The molecule has 1 aromatic heterocycles. The topological polar surface area (TPSA) is 62.7 Å². The second-order valence-electron chi connectivity index (χ2n) is 3.63. The summed E-state index contributed by atoms with van der Waals surface area (Å²) in [6, 6.07) is 7.64. The summed E-state index contributed by atoms with van der Waals surface area (Å²) in [5.74, 6) is 0. The van der Waals surface area contributed by atoms with Crippen LogP contribution in [0.15, 0.2) is 18.2 Å². The van der Waals surface area contributed by atoms with Gasteiger partial charge in [0.05, 0.1) is 5.52 Å².